The van der Waals surface area contributed by atoms with Crippen molar-refractivity contribution in [2.24, 2.45) is 5.73 Å². The van der Waals surface area contributed by atoms with Crippen molar-refractivity contribution < 1.29 is 13.2 Å². The average molecular weight is 502 g/mol. The SMILES string of the molecule is CCCCCCNC(=O)Nc1ccc(S(=O)(=O)N2CCC(Nc3ccc(CCN)cc3)CC2)cc1. The van der Waals surface area contributed by atoms with Crippen LogP contribution >= 0.6 is 0 Å². The molecule has 0 aromatic heterocycles. The molecule has 3 rings (SSSR count). The number of carbonyl (C=O) groups excluding carboxylic acids is 1. The van der Waals surface area contributed by atoms with Crippen LogP contribution < -0.4 is 21.7 Å². The van der Waals surface area contributed by atoms with Crippen LogP contribution in [0.3, 0.4) is 0 Å². The summed E-state index contributed by atoms with van der Waals surface area (Å²) in [6.45, 7) is 4.34. The lowest BCUT2D eigenvalue weighted by Gasteiger charge is -2.32. The summed E-state index contributed by atoms with van der Waals surface area (Å²) in [6.07, 6.45) is 6.70. The minimum Gasteiger partial charge on any atom is -0.382 e. The second-order valence-electron chi connectivity index (χ2n) is 9.02. The van der Waals surface area contributed by atoms with Crippen LogP contribution in [0.25, 0.3) is 0 Å². The predicted molar refractivity (Wildman–Crippen MR) is 142 cm³/mol. The van der Waals surface area contributed by atoms with Gasteiger partial charge in [0.15, 0.2) is 0 Å². The number of nitrogens with two attached hydrogens (primary N) is 1. The molecule has 1 heterocycles. The van der Waals surface area contributed by atoms with E-state index in [9.17, 15) is 13.2 Å². The van der Waals surface area contributed by atoms with Gasteiger partial charge in [0.05, 0.1) is 4.90 Å². The topological polar surface area (TPSA) is 117 Å². The number of sulfonamides is 1. The molecule has 0 saturated carbocycles. The highest BCUT2D eigenvalue weighted by atomic mass is 32.2. The maximum absolute atomic E-state index is 13.1. The molecular weight excluding hydrogens is 462 g/mol. The highest BCUT2D eigenvalue weighted by molar-refractivity contribution is 7.89. The van der Waals surface area contributed by atoms with E-state index in [1.54, 1.807) is 28.6 Å². The van der Waals surface area contributed by atoms with Gasteiger partial charge in [-0.3, -0.25) is 0 Å². The van der Waals surface area contributed by atoms with Crippen LogP contribution in [0.15, 0.2) is 53.4 Å². The molecule has 0 unspecified atom stereocenters. The van der Waals surface area contributed by atoms with Crippen molar-refractivity contribution in [3.05, 3.63) is 54.1 Å². The monoisotopic (exact) mass is 501 g/mol. The molecule has 2 amide bonds. The molecule has 1 aliphatic heterocycles. The van der Waals surface area contributed by atoms with E-state index in [-0.39, 0.29) is 17.0 Å². The lowest BCUT2D eigenvalue weighted by Crippen LogP contribution is -2.42. The Morgan fingerprint density at radius 1 is 0.971 bits per heavy atom. The minimum absolute atomic E-state index is 0.230. The van der Waals surface area contributed by atoms with Crippen molar-refractivity contribution in [1.82, 2.24) is 9.62 Å². The molecule has 0 aliphatic carbocycles. The van der Waals surface area contributed by atoms with Gasteiger partial charge in [0.1, 0.15) is 0 Å². The third kappa shape index (κ3) is 8.23. The lowest BCUT2D eigenvalue weighted by atomic mass is 10.1. The van der Waals surface area contributed by atoms with Crippen molar-refractivity contribution in [1.29, 1.82) is 0 Å². The Kier molecular flexibility index (Phi) is 10.4. The number of nitrogens with zero attached hydrogens (tertiary/aromatic N) is 1. The number of unbranched alkanes of at least 4 members (excludes halogenated alkanes) is 3. The van der Waals surface area contributed by atoms with E-state index < -0.39 is 10.0 Å². The van der Waals surface area contributed by atoms with E-state index in [0.29, 0.717) is 31.9 Å². The zero-order chi connectivity index (χ0) is 25.1. The molecule has 1 aliphatic rings. The molecule has 5 N–H and O–H groups in total. The maximum atomic E-state index is 13.1. The number of urea groups is 1. The van der Waals surface area contributed by atoms with Gasteiger partial charge in [-0.15, -0.1) is 0 Å². The van der Waals surface area contributed by atoms with Gasteiger partial charge in [0, 0.05) is 37.1 Å². The predicted octanol–water partition coefficient (Wildman–Crippen LogP) is 4.15. The van der Waals surface area contributed by atoms with Crippen LogP contribution in [-0.2, 0) is 16.4 Å². The quantitative estimate of drug-likeness (QED) is 0.326. The third-order valence-corrected chi connectivity index (χ3v) is 8.19. The lowest BCUT2D eigenvalue weighted by molar-refractivity contribution is 0.252. The van der Waals surface area contributed by atoms with Gasteiger partial charge in [0.2, 0.25) is 10.0 Å². The molecule has 9 heteroatoms. The van der Waals surface area contributed by atoms with Crippen LogP contribution in [0.1, 0.15) is 51.0 Å². The second-order valence-corrected chi connectivity index (χ2v) is 11.0. The number of piperidine rings is 1. The number of amides is 2. The first kappa shape index (κ1) is 27.0. The summed E-state index contributed by atoms with van der Waals surface area (Å²) in [6, 6.07) is 14.6. The number of nitrogens with one attached hydrogen (secondary N) is 3. The number of carbonyl (C=O) groups is 1. The average Bonchev–Trinajstić information content (AvgIpc) is 2.86. The van der Waals surface area contributed by atoms with Crippen LogP contribution in [-0.4, -0.2) is 51.0 Å². The largest absolute Gasteiger partial charge is 0.382 e. The first-order valence-corrected chi connectivity index (χ1v) is 14.1. The number of anilines is 2. The molecule has 0 spiro atoms. The summed E-state index contributed by atoms with van der Waals surface area (Å²) in [7, 11) is -3.57. The van der Waals surface area contributed by atoms with Crippen LogP contribution in [0.2, 0.25) is 0 Å². The highest BCUT2D eigenvalue weighted by Crippen LogP contribution is 2.24. The molecule has 0 radical (unpaired) electrons. The molecule has 1 saturated heterocycles. The van der Waals surface area contributed by atoms with Crippen molar-refractivity contribution in [2.45, 2.75) is 62.8 Å². The normalized spacial score (nSPS) is 15.0. The van der Waals surface area contributed by atoms with Gasteiger partial charge in [0.25, 0.3) is 0 Å². The molecular formula is C26H39N5O3S. The Labute approximate surface area is 209 Å². The Morgan fingerprint density at radius 3 is 2.26 bits per heavy atom. The van der Waals surface area contributed by atoms with Gasteiger partial charge in [-0.05, 0) is 74.2 Å². The van der Waals surface area contributed by atoms with Gasteiger partial charge in [-0.2, -0.15) is 4.31 Å². The summed E-state index contributed by atoms with van der Waals surface area (Å²) in [5.41, 5.74) is 8.42. The second kappa shape index (κ2) is 13.5. The molecule has 0 bridgehead atoms. The van der Waals surface area contributed by atoms with E-state index in [1.165, 1.54) is 5.56 Å². The fourth-order valence-corrected chi connectivity index (χ4v) is 5.67. The molecule has 2 aromatic rings. The van der Waals surface area contributed by atoms with Crippen molar-refractivity contribution in [3.63, 3.8) is 0 Å². The Balaban J connectivity index is 1.46. The molecule has 0 atom stereocenters. The fourth-order valence-electron chi connectivity index (χ4n) is 4.20. The summed E-state index contributed by atoms with van der Waals surface area (Å²) in [5.74, 6) is 0. The Morgan fingerprint density at radius 2 is 1.63 bits per heavy atom. The molecule has 8 nitrogen and oxygen atoms in total. The fraction of sp³-hybridized carbons (Fsp3) is 0.500. The standard InChI is InChI=1S/C26H39N5O3S/c1-2-3-4-5-18-28-26(32)30-23-10-12-25(13-11-23)35(33,34)31-19-15-24(16-20-31)29-22-8-6-21(7-9-22)14-17-27/h6-13,24,29H,2-5,14-20,27H2,1H3,(H2,28,30,32). The maximum Gasteiger partial charge on any atom is 0.319 e. The van der Waals surface area contributed by atoms with Gasteiger partial charge >= 0.3 is 6.03 Å². The summed E-state index contributed by atoms with van der Waals surface area (Å²) >= 11 is 0. The van der Waals surface area contributed by atoms with Gasteiger partial charge in [-0.25, -0.2) is 13.2 Å². The van der Waals surface area contributed by atoms with E-state index in [1.807, 2.05) is 0 Å². The summed E-state index contributed by atoms with van der Waals surface area (Å²) in [4.78, 5) is 12.3. The van der Waals surface area contributed by atoms with E-state index in [0.717, 1.165) is 50.6 Å². The first-order chi connectivity index (χ1) is 16.9. The summed E-state index contributed by atoms with van der Waals surface area (Å²) < 4.78 is 27.8. The third-order valence-electron chi connectivity index (χ3n) is 6.28. The molecule has 2 aromatic carbocycles. The number of hydrogen-bond donors (Lipinski definition) is 4. The van der Waals surface area contributed by atoms with Gasteiger partial charge < -0.3 is 21.7 Å². The van der Waals surface area contributed by atoms with E-state index in [4.69, 9.17) is 5.73 Å². The summed E-state index contributed by atoms with van der Waals surface area (Å²) in [5, 5.41) is 9.10. The Bertz CT molecular complexity index is 1020. The molecule has 1 fully saturated rings. The zero-order valence-corrected chi connectivity index (χ0v) is 21.4. The van der Waals surface area contributed by atoms with E-state index >= 15 is 0 Å². The van der Waals surface area contributed by atoms with Gasteiger partial charge in [-0.1, -0.05) is 38.3 Å². The minimum atomic E-state index is -3.57. The highest BCUT2D eigenvalue weighted by Gasteiger charge is 2.29. The van der Waals surface area contributed by atoms with Crippen molar-refractivity contribution in [3.8, 4) is 0 Å². The van der Waals surface area contributed by atoms with Crippen molar-refractivity contribution >= 4 is 27.4 Å². The molecule has 192 valence electrons. The number of benzene rings is 2. The number of rotatable bonds is 12. The van der Waals surface area contributed by atoms with Crippen molar-refractivity contribution in [2.75, 3.05) is 36.8 Å². The number of hydrogen-bond acceptors (Lipinski definition) is 5. The van der Waals surface area contributed by atoms with Crippen LogP contribution in [0.4, 0.5) is 16.2 Å². The van der Waals surface area contributed by atoms with Crippen LogP contribution in [0.5, 0.6) is 0 Å². The molecule has 35 heavy (non-hydrogen) atoms. The smallest absolute Gasteiger partial charge is 0.319 e. The Hall–Kier alpha value is -2.62. The zero-order valence-electron chi connectivity index (χ0n) is 20.6. The van der Waals surface area contributed by atoms with Crippen LogP contribution in [0, 0.1) is 0 Å². The van der Waals surface area contributed by atoms with E-state index in [2.05, 4.69) is 47.1 Å². The first-order valence-electron chi connectivity index (χ1n) is 12.6.